The van der Waals surface area contributed by atoms with E-state index in [1.165, 1.54) is 7.11 Å². The van der Waals surface area contributed by atoms with Crippen molar-refractivity contribution >= 4 is 40.7 Å². The van der Waals surface area contributed by atoms with E-state index in [0.29, 0.717) is 41.7 Å². The van der Waals surface area contributed by atoms with Crippen LogP contribution in [-0.4, -0.2) is 44.2 Å². The third-order valence-corrected chi connectivity index (χ3v) is 4.39. The Hall–Kier alpha value is -1.34. The second-order valence-corrected chi connectivity index (χ2v) is 6.15. The Morgan fingerprint density at radius 2 is 2.00 bits per heavy atom. The van der Waals surface area contributed by atoms with Crippen molar-refractivity contribution in [3.63, 3.8) is 0 Å². The van der Waals surface area contributed by atoms with E-state index in [1.807, 2.05) is 0 Å². The van der Waals surface area contributed by atoms with Crippen LogP contribution < -0.4 is 16.0 Å². The van der Waals surface area contributed by atoms with Gasteiger partial charge in [-0.1, -0.05) is 23.2 Å². The fraction of sp³-hybridized carbons (Fsp3) is 0.467. The molecular weight excluding hydrogens is 341 g/mol. The van der Waals surface area contributed by atoms with E-state index in [1.54, 1.807) is 18.2 Å². The monoisotopic (exact) mass is 359 g/mol. The summed E-state index contributed by atoms with van der Waals surface area (Å²) in [4.78, 5) is 24.3. The summed E-state index contributed by atoms with van der Waals surface area (Å²) in [6.07, 6.45) is 1.13. The van der Waals surface area contributed by atoms with Gasteiger partial charge in [-0.25, -0.2) is 0 Å². The molecule has 0 radical (unpaired) electrons. The van der Waals surface area contributed by atoms with E-state index < -0.39 is 5.60 Å². The second kappa shape index (κ2) is 7.97. The number of anilines is 1. The van der Waals surface area contributed by atoms with Crippen molar-refractivity contribution in [2.75, 3.05) is 32.1 Å². The van der Waals surface area contributed by atoms with Gasteiger partial charge in [0.1, 0.15) is 5.60 Å². The second-order valence-electron chi connectivity index (χ2n) is 5.30. The number of carbonyl (C=O) groups is 2. The lowest BCUT2D eigenvalue weighted by Crippen LogP contribution is -2.55. The van der Waals surface area contributed by atoms with Crippen LogP contribution in [0.2, 0.25) is 10.0 Å². The molecule has 1 fully saturated rings. The maximum atomic E-state index is 12.3. The Balaban J connectivity index is 1.90. The highest BCUT2D eigenvalue weighted by Crippen LogP contribution is 2.25. The first-order valence-electron chi connectivity index (χ1n) is 7.26. The number of hydrogen-bond acceptors (Lipinski definition) is 4. The molecule has 0 unspecified atom stereocenters. The SMILES string of the molecule is COC1(C(=O)NCC(=O)Nc2cc(Cl)ccc2Cl)CCNCC1. The van der Waals surface area contributed by atoms with Gasteiger partial charge in [0.05, 0.1) is 17.3 Å². The summed E-state index contributed by atoms with van der Waals surface area (Å²) in [6.45, 7) is 1.23. The maximum Gasteiger partial charge on any atom is 0.252 e. The van der Waals surface area contributed by atoms with Gasteiger partial charge in [0.25, 0.3) is 5.91 Å². The molecular formula is C15H19Cl2N3O3. The van der Waals surface area contributed by atoms with Gasteiger partial charge in [0, 0.05) is 12.1 Å². The van der Waals surface area contributed by atoms with Crippen molar-refractivity contribution < 1.29 is 14.3 Å². The standard InChI is InChI=1S/C15H19Cl2N3O3/c1-23-15(4-6-18-7-5-15)14(22)19-9-13(21)20-12-8-10(16)2-3-11(12)17/h2-3,8,18H,4-7,9H2,1H3,(H,19,22)(H,20,21). The van der Waals surface area contributed by atoms with Crippen LogP contribution >= 0.6 is 23.2 Å². The zero-order valence-electron chi connectivity index (χ0n) is 12.7. The van der Waals surface area contributed by atoms with E-state index in [4.69, 9.17) is 27.9 Å². The molecule has 0 atom stereocenters. The Morgan fingerprint density at radius 3 is 2.65 bits per heavy atom. The molecule has 1 aliphatic heterocycles. The molecule has 2 amide bonds. The molecule has 0 spiro atoms. The molecule has 0 aromatic heterocycles. The topological polar surface area (TPSA) is 79.5 Å². The molecule has 8 heteroatoms. The van der Waals surface area contributed by atoms with Crippen molar-refractivity contribution in [2.24, 2.45) is 0 Å². The summed E-state index contributed by atoms with van der Waals surface area (Å²) in [6, 6.07) is 4.76. The molecule has 6 nitrogen and oxygen atoms in total. The van der Waals surface area contributed by atoms with Gasteiger partial charge in [-0.2, -0.15) is 0 Å². The van der Waals surface area contributed by atoms with Gasteiger partial charge < -0.3 is 20.7 Å². The van der Waals surface area contributed by atoms with Crippen LogP contribution in [0, 0.1) is 0 Å². The number of piperidine rings is 1. The molecule has 0 bridgehead atoms. The number of benzene rings is 1. The van der Waals surface area contributed by atoms with Crippen LogP contribution in [0.4, 0.5) is 5.69 Å². The lowest BCUT2D eigenvalue weighted by Gasteiger charge is -2.34. The lowest BCUT2D eigenvalue weighted by atomic mass is 9.91. The first-order chi connectivity index (χ1) is 11.0. The van der Waals surface area contributed by atoms with Crippen LogP contribution in [0.1, 0.15) is 12.8 Å². The molecule has 1 aliphatic rings. The fourth-order valence-corrected chi connectivity index (χ4v) is 2.80. The van der Waals surface area contributed by atoms with Crippen molar-refractivity contribution in [1.82, 2.24) is 10.6 Å². The molecule has 0 aliphatic carbocycles. The smallest absolute Gasteiger partial charge is 0.252 e. The fourth-order valence-electron chi connectivity index (χ4n) is 2.46. The Bertz CT molecular complexity index is 589. The van der Waals surface area contributed by atoms with Gasteiger partial charge in [0.2, 0.25) is 5.91 Å². The van der Waals surface area contributed by atoms with Gasteiger partial charge in [-0.15, -0.1) is 0 Å². The number of carbonyl (C=O) groups excluding carboxylic acids is 2. The normalized spacial score (nSPS) is 16.7. The predicted octanol–water partition coefficient (Wildman–Crippen LogP) is 1.82. The van der Waals surface area contributed by atoms with Crippen LogP contribution in [0.3, 0.4) is 0 Å². The first kappa shape index (κ1) is 18.0. The minimum Gasteiger partial charge on any atom is -0.368 e. The molecule has 23 heavy (non-hydrogen) atoms. The quantitative estimate of drug-likeness (QED) is 0.749. The third-order valence-electron chi connectivity index (χ3n) is 3.83. The number of ether oxygens (including phenoxy) is 1. The molecule has 3 N–H and O–H groups in total. The van der Waals surface area contributed by atoms with E-state index in [2.05, 4.69) is 16.0 Å². The Labute approximate surface area is 144 Å². The molecule has 0 saturated carbocycles. The average molecular weight is 360 g/mol. The molecule has 2 rings (SSSR count). The van der Waals surface area contributed by atoms with Crippen molar-refractivity contribution in [3.8, 4) is 0 Å². The van der Waals surface area contributed by atoms with Crippen molar-refractivity contribution in [1.29, 1.82) is 0 Å². The summed E-state index contributed by atoms with van der Waals surface area (Å²) in [5, 5.41) is 9.24. The minimum absolute atomic E-state index is 0.166. The number of amides is 2. The number of methoxy groups -OCH3 is 1. The molecule has 1 aromatic carbocycles. The maximum absolute atomic E-state index is 12.3. The summed E-state index contributed by atoms with van der Waals surface area (Å²) >= 11 is 11.8. The molecule has 1 aromatic rings. The van der Waals surface area contributed by atoms with Gasteiger partial charge >= 0.3 is 0 Å². The van der Waals surface area contributed by atoms with Crippen molar-refractivity contribution in [3.05, 3.63) is 28.2 Å². The molecule has 126 valence electrons. The number of hydrogen-bond donors (Lipinski definition) is 3. The first-order valence-corrected chi connectivity index (χ1v) is 8.01. The highest BCUT2D eigenvalue weighted by atomic mass is 35.5. The minimum atomic E-state index is -0.876. The summed E-state index contributed by atoms with van der Waals surface area (Å²) in [5.74, 6) is -0.670. The van der Waals surface area contributed by atoms with Crippen molar-refractivity contribution in [2.45, 2.75) is 18.4 Å². The van der Waals surface area contributed by atoms with E-state index in [0.717, 1.165) is 0 Å². The largest absolute Gasteiger partial charge is 0.368 e. The highest BCUT2D eigenvalue weighted by molar-refractivity contribution is 6.35. The van der Waals surface area contributed by atoms with Crippen LogP contribution in [-0.2, 0) is 14.3 Å². The molecule has 1 saturated heterocycles. The van der Waals surface area contributed by atoms with E-state index in [9.17, 15) is 9.59 Å². The van der Waals surface area contributed by atoms with Crippen LogP contribution in [0.15, 0.2) is 18.2 Å². The number of halogens is 2. The Kier molecular flexibility index (Phi) is 6.24. The summed E-state index contributed by atoms with van der Waals surface area (Å²) < 4.78 is 5.40. The zero-order valence-corrected chi connectivity index (χ0v) is 14.3. The van der Waals surface area contributed by atoms with Gasteiger partial charge in [0.15, 0.2) is 0 Å². The summed E-state index contributed by atoms with van der Waals surface area (Å²) in [7, 11) is 1.51. The number of rotatable bonds is 5. The Morgan fingerprint density at radius 1 is 1.30 bits per heavy atom. The summed E-state index contributed by atoms with van der Waals surface area (Å²) in [5.41, 5.74) is -0.471. The van der Waals surface area contributed by atoms with Gasteiger partial charge in [-0.3, -0.25) is 9.59 Å². The molecule has 1 heterocycles. The van der Waals surface area contributed by atoms with Crippen LogP contribution in [0.25, 0.3) is 0 Å². The zero-order chi connectivity index (χ0) is 16.9. The predicted molar refractivity (Wildman–Crippen MR) is 89.9 cm³/mol. The lowest BCUT2D eigenvalue weighted by molar-refractivity contribution is -0.147. The van der Waals surface area contributed by atoms with E-state index >= 15 is 0 Å². The van der Waals surface area contributed by atoms with Crippen LogP contribution in [0.5, 0.6) is 0 Å². The third kappa shape index (κ3) is 4.57. The van der Waals surface area contributed by atoms with Gasteiger partial charge in [-0.05, 0) is 44.1 Å². The highest BCUT2D eigenvalue weighted by Gasteiger charge is 2.39. The average Bonchev–Trinajstić information content (AvgIpc) is 2.56. The number of nitrogens with one attached hydrogen (secondary N) is 3. The van der Waals surface area contributed by atoms with E-state index in [-0.39, 0.29) is 18.4 Å².